The molecule has 0 radical (unpaired) electrons. The number of carbonyl (C=O) groups is 1. The Morgan fingerprint density at radius 2 is 2.25 bits per heavy atom. The molecule has 1 aliphatic rings. The Labute approximate surface area is 93.4 Å². The molecule has 0 saturated heterocycles. The predicted octanol–water partition coefficient (Wildman–Crippen LogP) is 1.25. The van der Waals surface area contributed by atoms with Crippen LogP contribution in [0, 0.1) is 6.92 Å². The lowest BCUT2D eigenvalue weighted by Crippen LogP contribution is -2.29. The van der Waals surface area contributed by atoms with Crippen molar-refractivity contribution in [3.8, 4) is 0 Å². The van der Waals surface area contributed by atoms with Crippen LogP contribution in [0.5, 0.6) is 0 Å². The van der Waals surface area contributed by atoms with Crippen molar-refractivity contribution in [2.45, 2.75) is 13.3 Å². The van der Waals surface area contributed by atoms with Crippen LogP contribution in [0.15, 0.2) is 18.2 Å². The number of nitrogens with zero attached hydrogens (tertiary/aromatic N) is 3. The maximum absolute atomic E-state index is 10.9. The van der Waals surface area contributed by atoms with Gasteiger partial charge < -0.3 is 10.0 Å². The molecule has 0 aliphatic carbocycles. The minimum absolute atomic E-state index is 0.0528. The van der Waals surface area contributed by atoms with Gasteiger partial charge in [0.05, 0.1) is 0 Å². The van der Waals surface area contributed by atoms with Gasteiger partial charge in [-0.3, -0.25) is 0 Å². The first kappa shape index (κ1) is 10.6. The zero-order chi connectivity index (χ0) is 11.5. The predicted molar refractivity (Wildman–Crippen MR) is 59.7 cm³/mol. The normalized spacial score (nSPS) is 15.2. The van der Waals surface area contributed by atoms with Crippen molar-refractivity contribution in [1.29, 1.82) is 0 Å². The third kappa shape index (κ3) is 2.18. The molecular formula is C11H13N3O2. The van der Waals surface area contributed by atoms with Gasteiger partial charge in [0.15, 0.2) is 5.69 Å². The van der Waals surface area contributed by atoms with E-state index in [1.807, 2.05) is 11.0 Å². The third-order valence-corrected chi connectivity index (χ3v) is 2.40. The minimum atomic E-state index is -1.01. The van der Waals surface area contributed by atoms with Crippen LogP contribution in [0.4, 0.5) is 5.95 Å². The monoisotopic (exact) mass is 219 g/mol. The van der Waals surface area contributed by atoms with Gasteiger partial charge in [0.2, 0.25) is 5.95 Å². The van der Waals surface area contributed by atoms with Gasteiger partial charge in [-0.05, 0) is 19.4 Å². The van der Waals surface area contributed by atoms with Gasteiger partial charge in [0.1, 0.15) is 0 Å². The quantitative estimate of drug-likeness (QED) is 0.758. The van der Waals surface area contributed by atoms with E-state index >= 15 is 0 Å². The first-order valence-corrected chi connectivity index (χ1v) is 5.16. The Balaban J connectivity index is 2.33. The molecule has 1 aliphatic heterocycles. The van der Waals surface area contributed by atoms with E-state index in [0.717, 1.165) is 19.5 Å². The molecule has 2 rings (SSSR count). The lowest BCUT2D eigenvalue weighted by atomic mass is 10.2. The van der Waals surface area contributed by atoms with Crippen molar-refractivity contribution in [2.75, 3.05) is 18.0 Å². The van der Waals surface area contributed by atoms with Gasteiger partial charge >= 0.3 is 5.97 Å². The Kier molecular flexibility index (Phi) is 2.85. The molecule has 1 aromatic rings. The lowest BCUT2D eigenvalue weighted by Gasteiger charge is -2.23. The number of carboxylic acids is 1. The molecule has 5 heteroatoms. The summed E-state index contributed by atoms with van der Waals surface area (Å²) in [5, 5.41) is 8.91. The van der Waals surface area contributed by atoms with Crippen molar-refractivity contribution < 1.29 is 9.90 Å². The van der Waals surface area contributed by atoms with Crippen molar-refractivity contribution in [3.63, 3.8) is 0 Å². The molecule has 1 aromatic heterocycles. The van der Waals surface area contributed by atoms with Crippen LogP contribution in [0.3, 0.4) is 0 Å². The van der Waals surface area contributed by atoms with E-state index in [0.29, 0.717) is 11.6 Å². The molecular weight excluding hydrogens is 206 g/mol. The first-order valence-electron chi connectivity index (χ1n) is 5.16. The highest BCUT2D eigenvalue weighted by molar-refractivity contribution is 5.85. The number of aryl methyl sites for hydroxylation is 1. The summed E-state index contributed by atoms with van der Waals surface area (Å²) in [6.07, 6.45) is 5.08. The van der Waals surface area contributed by atoms with Crippen molar-refractivity contribution in [2.24, 2.45) is 0 Å². The molecule has 0 spiro atoms. The summed E-state index contributed by atoms with van der Waals surface area (Å²) >= 11 is 0. The van der Waals surface area contributed by atoms with Gasteiger partial charge in [-0.1, -0.05) is 12.2 Å². The molecule has 0 saturated carbocycles. The highest BCUT2D eigenvalue weighted by atomic mass is 16.4. The van der Waals surface area contributed by atoms with Gasteiger partial charge in [0.25, 0.3) is 0 Å². The lowest BCUT2D eigenvalue weighted by molar-refractivity contribution is 0.0690. The number of hydrogen-bond acceptors (Lipinski definition) is 4. The van der Waals surface area contributed by atoms with Crippen LogP contribution in [-0.4, -0.2) is 34.1 Å². The number of rotatable bonds is 2. The van der Waals surface area contributed by atoms with E-state index < -0.39 is 5.97 Å². The molecule has 2 heterocycles. The first-order chi connectivity index (χ1) is 7.66. The van der Waals surface area contributed by atoms with Crippen LogP contribution in [0.2, 0.25) is 0 Å². The van der Waals surface area contributed by atoms with Gasteiger partial charge in [-0.2, -0.15) is 0 Å². The molecule has 16 heavy (non-hydrogen) atoms. The second kappa shape index (κ2) is 4.30. The fourth-order valence-corrected chi connectivity index (χ4v) is 1.63. The van der Waals surface area contributed by atoms with E-state index in [1.54, 1.807) is 6.92 Å². The van der Waals surface area contributed by atoms with E-state index in [2.05, 4.69) is 16.0 Å². The van der Waals surface area contributed by atoms with E-state index in [9.17, 15) is 4.79 Å². The van der Waals surface area contributed by atoms with E-state index in [1.165, 1.54) is 6.07 Å². The average molecular weight is 219 g/mol. The summed E-state index contributed by atoms with van der Waals surface area (Å²) in [6.45, 7) is 3.35. The van der Waals surface area contributed by atoms with Crippen LogP contribution in [0.25, 0.3) is 0 Å². The largest absolute Gasteiger partial charge is 0.477 e. The molecule has 0 unspecified atom stereocenters. The molecule has 0 aromatic carbocycles. The molecule has 5 nitrogen and oxygen atoms in total. The Bertz CT molecular complexity index is 443. The number of aromatic nitrogens is 2. The molecule has 1 N–H and O–H groups in total. The van der Waals surface area contributed by atoms with Crippen molar-refractivity contribution in [3.05, 3.63) is 29.6 Å². The summed E-state index contributed by atoms with van der Waals surface area (Å²) in [6, 6.07) is 1.48. The zero-order valence-corrected chi connectivity index (χ0v) is 9.05. The number of carboxylic acid groups (broad SMARTS) is 1. The molecule has 0 fully saturated rings. The second-order valence-corrected chi connectivity index (χ2v) is 3.71. The van der Waals surface area contributed by atoms with E-state index in [-0.39, 0.29) is 5.69 Å². The summed E-state index contributed by atoms with van der Waals surface area (Å²) in [5.74, 6) is -0.513. The summed E-state index contributed by atoms with van der Waals surface area (Å²) in [7, 11) is 0. The summed E-state index contributed by atoms with van der Waals surface area (Å²) in [5.41, 5.74) is 0.731. The fraction of sp³-hybridized carbons (Fsp3) is 0.364. The summed E-state index contributed by atoms with van der Waals surface area (Å²) < 4.78 is 0. The standard InChI is InChI=1S/C11H13N3O2/c1-8-7-9(10(15)16)13-11(12-8)14-5-3-2-4-6-14/h2-3,7H,4-6H2,1H3,(H,15,16). The Morgan fingerprint density at radius 3 is 2.88 bits per heavy atom. The molecule has 84 valence electrons. The van der Waals surface area contributed by atoms with E-state index in [4.69, 9.17) is 5.11 Å². The van der Waals surface area contributed by atoms with Gasteiger partial charge in [0, 0.05) is 18.8 Å². The van der Waals surface area contributed by atoms with Crippen LogP contribution >= 0.6 is 0 Å². The minimum Gasteiger partial charge on any atom is -0.477 e. The van der Waals surface area contributed by atoms with Crippen LogP contribution in [0.1, 0.15) is 22.6 Å². The van der Waals surface area contributed by atoms with Crippen LogP contribution < -0.4 is 4.90 Å². The molecule has 0 amide bonds. The highest BCUT2D eigenvalue weighted by Crippen LogP contribution is 2.13. The van der Waals surface area contributed by atoms with Crippen molar-refractivity contribution in [1.82, 2.24) is 9.97 Å². The Morgan fingerprint density at radius 1 is 1.44 bits per heavy atom. The highest BCUT2D eigenvalue weighted by Gasteiger charge is 2.14. The van der Waals surface area contributed by atoms with Crippen LogP contribution in [-0.2, 0) is 0 Å². The molecule has 0 bridgehead atoms. The number of aromatic carboxylic acids is 1. The number of anilines is 1. The third-order valence-electron chi connectivity index (χ3n) is 2.40. The zero-order valence-electron chi connectivity index (χ0n) is 9.05. The SMILES string of the molecule is Cc1cc(C(=O)O)nc(N2CC=CCC2)n1. The van der Waals surface area contributed by atoms with Crippen molar-refractivity contribution >= 4 is 11.9 Å². The van der Waals surface area contributed by atoms with Gasteiger partial charge in [-0.15, -0.1) is 0 Å². The number of hydrogen-bond donors (Lipinski definition) is 1. The average Bonchev–Trinajstić information content (AvgIpc) is 2.29. The second-order valence-electron chi connectivity index (χ2n) is 3.71. The van der Waals surface area contributed by atoms with Gasteiger partial charge in [-0.25, -0.2) is 14.8 Å². The maximum Gasteiger partial charge on any atom is 0.354 e. The molecule has 0 atom stereocenters. The fourth-order valence-electron chi connectivity index (χ4n) is 1.63. The maximum atomic E-state index is 10.9. The smallest absolute Gasteiger partial charge is 0.354 e. The summed E-state index contributed by atoms with van der Waals surface area (Å²) in [4.78, 5) is 21.1. The topological polar surface area (TPSA) is 66.3 Å². The Hall–Kier alpha value is -1.91.